The highest BCUT2D eigenvalue weighted by molar-refractivity contribution is 7.99. The molecule has 3 aromatic rings. The van der Waals surface area contributed by atoms with Gasteiger partial charge in [-0.25, -0.2) is 13.1 Å². The average Bonchev–Trinajstić information content (AvgIpc) is 3.47. The molecular weight excluding hydrogens is 430 g/mol. The van der Waals surface area contributed by atoms with Crippen LogP contribution in [0.5, 0.6) is 0 Å². The molecule has 2 aromatic heterocycles. The normalized spacial score (nSPS) is 13.6. The Morgan fingerprint density at radius 1 is 1.31 bits per heavy atom. The molecule has 0 bridgehead atoms. The smallest absolute Gasteiger partial charge is 0.234 e. The van der Waals surface area contributed by atoms with Crippen LogP contribution >= 0.6 is 23.1 Å². The fraction of sp³-hybridized carbons (Fsp3) is 0.333. The molecule has 0 N–H and O–H groups in total. The zero-order valence-electron chi connectivity index (χ0n) is 15.7. The molecule has 1 aromatic carbocycles. The molecule has 3 heterocycles. The van der Waals surface area contributed by atoms with E-state index in [4.69, 9.17) is 0 Å². The summed E-state index contributed by atoms with van der Waals surface area (Å²) in [6.45, 7) is 2.63. The molecule has 0 unspecified atom stereocenters. The molecular formula is C18H19N5O3S3. The minimum absolute atomic E-state index is 0.0414. The maximum atomic E-state index is 12.7. The van der Waals surface area contributed by atoms with Gasteiger partial charge in [0.25, 0.3) is 0 Å². The highest BCUT2D eigenvalue weighted by Gasteiger charge is 2.28. The van der Waals surface area contributed by atoms with Crippen molar-refractivity contribution in [1.29, 1.82) is 0 Å². The minimum Gasteiger partial charge on any atom is -0.293 e. The summed E-state index contributed by atoms with van der Waals surface area (Å²) >= 11 is 2.92. The number of aromatic nitrogens is 4. The second kappa shape index (κ2) is 8.25. The molecule has 29 heavy (non-hydrogen) atoms. The van der Waals surface area contributed by atoms with Crippen LogP contribution < -0.4 is 4.31 Å². The molecule has 0 aliphatic carbocycles. The SMILES string of the molecule is CCS(=O)(=O)N1CCc2cc(C(=O)CSc3nnnn3Cc3cccs3)ccc21. The Kier molecular flexibility index (Phi) is 5.70. The number of carbonyl (C=O) groups is 1. The maximum absolute atomic E-state index is 12.7. The Morgan fingerprint density at radius 2 is 2.17 bits per heavy atom. The molecule has 0 amide bonds. The fourth-order valence-corrected chi connectivity index (χ4v) is 5.77. The first-order valence-corrected chi connectivity index (χ1v) is 12.5. The number of carbonyl (C=O) groups excluding carboxylic acids is 1. The molecule has 0 saturated carbocycles. The van der Waals surface area contributed by atoms with Gasteiger partial charge in [0, 0.05) is 17.0 Å². The van der Waals surface area contributed by atoms with Crippen LogP contribution in [0.15, 0.2) is 40.9 Å². The van der Waals surface area contributed by atoms with Gasteiger partial charge in [-0.2, -0.15) is 0 Å². The number of sulfonamides is 1. The number of anilines is 1. The summed E-state index contributed by atoms with van der Waals surface area (Å²) < 4.78 is 27.5. The Bertz CT molecular complexity index is 1130. The molecule has 1 aliphatic rings. The fourth-order valence-electron chi connectivity index (χ4n) is 3.15. The van der Waals surface area contributed by atoms with Crippen molar-refractivity contribution < 1.29 is 13.2 Å². The van der Waals surface area contributed by atoms with Crippen LogP contribution in [0.4, 0.5) is 5.69 Å². The summed E-state index contributed by atoms with van der Waals surface area (Å²) in [6.07, 6.45) is 0.613. The van der Waals surface area contributed by atoms with Gasteiger partial charge in [0.2, 0.25) is 15.2 Å². The topological polar surface area (TPSA) is 98.1 Å². The number of thioether (sulfide) groups is 1. The van der Waals surface area contributed by atoms with Crippen molar-refractivity contribution in [3.63, 3.8) is 0 Å². The highest BCUT2D eigenvalue weighted by atomic mass is 32.2. The molecule has 0 spiro atoms. The molecule has 0 atom stereocenters. The van der Waals surface area contributed by atoms with Crippen LogP contribution in [-0.2, 0) is 23.0 Å². The first-order chi connectivity index (χ1) is 14.0. The predicted molar refractivity (Wildman–Crippen MR) is 113 cm³/mol. The summed E-state index contributed by atoms with van der Waals surface area (Å²) in [7, 11) is -3.29. The van der Waals surface area contributed by atoms with E-state index in [1.54, 1.807) is 41.1 Å². The molecule has 4 rings (SSSR count). The number of hydrogen-bond acceptors (Lipinski definition) is 8. The lowest BCUT2D eigenvalue weighted by Crippen LogP contribution is -2.30. The third-order valence-electron chi connectivity index (χ3n) is 4.67. The van der Waals surface area contributed by atoms with E-state index in [-0.39, 0.29) is 17.3 Å². The monoisotopic (exact) mass is 449 g/mol. The largest absolute Gasteiger partial charge is 0.293 e. The number of thiophene rings is 1. The van der Waals surface area contributed by atoms with Crippen molar-refractivity contribution in [3.8, 4) is 0 Å². The molecule has 152 valence electrons. The first kappa shape index (κ1) is 20.0. The number of benzene rings is 1. The van der Waals surface area contributed by atoms with Crippen LogP contribution in [0, 0.1) is 0 Å². The van der Waals surface area contributed by atoms with Gasteiger partial charge in [-0.15, -0.1) is 16.4 Å². The number of hydrogen-bond donors (Lipinski definition) is 0. The van der Waals surface area contributed by atoms with Gasteiger partial charge in [0.1, 0.15) is 0 Å². The number of tetrazole rings is 1. The van der Waals surface area contributed by atoms with Gasteiger partial charge >= 0.3 is 0 Å². The van der Waals surface area contributed by atoms with E-state index in [9.17, 15) is 13.2 Å². The first-order valence-electron chi connectivity index (χ1n) is 9.06. The second-order valence-electron chi connectivity index (χ2n) is 6.48. The van der Waals surface area contributed by atoms with Crippen LogP contribution in [0.3, 0.4) is 0 Å². The Labute approximate surface area is 177 Å². The van der Waals surface area contributed by atoms with Crippen LogP contribution in [-0.4, -0.2) is 52.5 Å². The van der Waals surface area contributed by atoms with Crippen LogP contribution in [0.2, 0.25) is 0 Å². The number of rotatable bonds is 8. The summed E-state index contributed by atoms with van der Waals surface area (Å²) in [6, 6.07) is 9.21. The molecule has 8 nitrogen and oxygen atoms in total. The van der Waals surface area contributed by atoms with Gasteiger partial charge in [-0.1, -0.05) is 17.8 Å². The molecule has 0 radical (unpaired) electrons. The van der Waals surface area contributed by atoms with Crippen molar-refractivity contribution in [3.05, 3.63) is 51.7 Å². The maximum Gasteiger partial charge on any atom is 0.234 e. The van der Waals surface area contributed by atoms with Gasteiger partial charge in [-0.05, 0) is 59.0 Å². The quantitative estimate of drug-likeness (QED) is 0.385. The molecule has 0 fully saturated rings. The molecule has 1 aliphatic heterocycles. The number of fused-ring (bicyclic) bond motifs is 1. The summed E-state index contributed by atoms with van der Waals surface area (Å²) in [4.78, 5) is 13.8. The third kappa shape index (κ3) is 4.21. The van der Waals surface area contributed by atoms with Crippen molar-refractivity contribution in [2.45, 2.75) is 25.0 Å². The summed E-state index contributed by atoms with van der Waals surface area (Å²) in [5, 5.41) is 14.3. The van der Waals surface area contributed by atoms with Gasteiger partial charge < -0.3 is 0 Å². The van der Waals surface area contributed by atoms with Crippen molar-refractivity contribution in [2.24, 2.45) is 0 Å². The van der Waals surface area contributed by atoms with Gasteiger partial charge in [-0.3, -0.25) is 9.10 Å². The highest BCUT2D eigenvalue weighted by Crippen LogP contribution is 2.31. The van der Waals surface area contributed by atoms with E-state index in [2.05, 4.69) is 15.5 Å². The lowest BCUT2D eigenvalue weighted by molar-refractivity contribution is 0.102. The lowest BCUT2D eigenvalue weighted by Gasteiger charge is -2.18. The van der Waals surface area contributed by atoms with Crippen LogP contribution in [0.25, 0.3) is 0 Å². The van der Waals surface area contributed by atoms with Gasteiger partial charge in [0.05, 0.1) is 23.7 Å². The van der Waals surface area contributed by atoms with E-state index >= 15 is 0 Å². The van der Waals surface area contributed by atoms with E-state index in [0.717, 1.165) is 10.4 Å². The minimum atomic E-state index is -3.29. The van der Waals surface area contributed by atoms with E-state index in [1.165, 1.54) is 16.1 Å². The third-order valence-corrected chi connectivity index (χ3v) is 8.27. The number of Topliss-reactive ketones (excluding diaryl/α,β-unsaturated/α-hetero) is 1. The van der Waals surface area contributed by atoms with E-state index in [0.29, 0.717) is 35.9 Å². The van der Waals surface area contributed by atoms with E-state index < -0.39 is 10.0 Å². The number of ketones is 1. The van der Waals surface area contributed by atoms with Crippen molar-refractivity contribution in [1.82, 2.24) is 20.2 Å². The predicted octanol–water partition coefficient (Wildman–Crippen LogP) is 2.47. The summed E-state index contributed by atoms with van der Waals surface area (Å²) in [5.41, 5.74) is 2.14. The molecule has 11 heteroatoms. The second-order valence-corrected chi connectivity index (χ2v) is 10.6. The Hall–Kier alpha value is -2.24. The van der Waals surface area contributed by atoms with Crippen molar-refractivity contribution in [2.75, 3.05) is 22.4 Å². The zero-order chi connectivity index (χ0) is 20.4. The Morgan fingerprint density at radius 3 is 2.93 bits per heavy atom. The average molecular weight is 450 g/mol. The zero-order valence-corrected chi connectivity index (χ0v) is 18.1. The number of nitrogens with zero attached hydrogens (tertiary/aromatic N) is 5. The summed E-state index contributed by atoms with van der Waals surface area (Å²) in [5.74, 6) is 0.227. The standard InChI is InChI=1S/C18H19N5O3S3/c1-2-29(25,26)23-8-7-13-10-14(5-6-16(13)23)17(24)12-28-18-19-20-21-22(18)11-15-4-3-9-27-15/h3-6,9-10H,2,7-8,11-12H2,1H3. The van der Waals surface area contributed by atoms with Crippen molar-refractivity contribution >= 4 is 44.6 Å². The van der Waals surface area contributed by atoms with Crippen LogP contribution in [0.1, 0.15) is 27.7 Å². The molecule has 0 saturated heterocycles. The van der Waals surface area contributed by atoms with E-state index in [1.807, 2.05) is 17.5 Å². The van der Waals surface area contributed by atoms with Gasteiger partial charge in [0.15, 0.2) is 5.78 Å². The lowest BCUT2D eigenvalue weighted by atomic mass is 10.1. The Balaban J connectivity index is 1.44.